The third-order valence-electron chi connectivity index (χ3n) is 5.55. The molecule has 1 amide bonds. The predicted molar refractivity (Wildman–Crippen MR) is 105 cm³/mol. The number of carbonyl (C=O) groups is 1. The summed E-state index contributed by atoms with van der Waals surface area (Å²) in [6, 6.07) is 7.15. The summed E-state index contributed by atoms with van der Waals surface area (Å²) in [6.07, 6.45) is 1.76. The first-order valence-corrected chi connectivity index (χ1v) is 9.75. The maximum Gasteiger partial charge on any atom is 0.274 e. The van der Waals surface area contributed by atoms with Crippen LogP contribution in [0.4, 0.5) is 0 Å². The summed E-state index contributed by atoms with van der Waals surface area (Å²) in [6.45, 7) is 6.88. The Bertz CT molecular complexity index is 1070. The van der Waals surface area contributed by atoms with Gasteiger partial charge in [0.2, 0.25) is 5.88 Å². The highest BCUT2D eigenvalue weighted by atomic mass is 16.5. The van der Waals surface area contributed by atoms with Gasteiger partial charge in [-0.25, -0.2) is 0 Å². The lowest BCUT2D eigenvalue weighted by Gasteiger charge is -2.54. The number of hydrogen-bond donors (Lipinski definition) is 0. The van der Waals surface area contributed by atoms with Crippen molar-refractivity contribution in [2.45, 2.75) is 20.5 Å². The lowest BCUT2D eigenvalue weighted by atomic mass is 9.78. The fraction of sp³-hybridized carbons (Fsp3) is 0.381. The van der Waals surface area contributed by atoms with Crippen LogP contribution in [0.2, 0.25) is 0 Å². The molecule has 0 atom stereocenters. The molecule has 3 aromatic rings. The minimum absolute atomic E-state index is 0.115. The molecule has 5 heterocycles. The Morgan fingerprint density at radius 3 is 2.63 bits per heavy atom. The van der Waals surface area contributed by atoms with Gasteiger partial charge in [0, 0.05) is 36.6 Å². The molecule has 1 spiro atoms. The van der Waals surface area contributed by atoms with E-state index in [0.29, 0.717) is 23.0 Å². The molecule has 0 N–H and O–H groups in total. The molecule has 0 aliphatic carbocycles. The molecule has 9 nitrogen and oxygen atoms in total. The third-order valence-corrected chi connectivity index (χ3v) is 5.55. The van der Waals surface area contributed by atoms with Gasteiger partial charge >= 0.3 is 0 Å². The van der Waals surface area contributed by atoms with Crippen molar-refractivity contribution in [1.29, 1.82) is 0 Å². The van der Waals surface area contributed by atoms with Crippen molar-refractivity contribution in [2.75, 3.05) is 26.3 Å². The quantitative estimate of drug-likeness (QED) is 0.634. The van der Waals surface area contributed by atoms with E-state index in [9.17, 15) is 4.79 Å². The van der Waals surface area contributed by atoms with E-state index in [1.165, 1.54) is 0 Å². The number of ether oxygens (including phenoxy) is 2. The van der Waals surface area contributed by atoms with Gasteiger partial charge in [0.15, 0.2) is 5.69 Å². The molecule has 0 radical (unpaired) electrons. The van der Waals surface area contributed by atoms with Gasteiger partial charge in [0.1, 0.15) is 18.1 Å². The second kappa shape index (κ2) is 7.17. The molecule has 30 heavy (non-hydrogen) atoms. The fourth-order valence-electron chi connectivity index (χ4n) is 3.70. The van der Waals surface area contributed by atoms with Crippen molar-refractivity contribution >= 4 is 5.91 Å². The number of aromatic nitrogens is 4. The van der Waals surface area contributed by atoms with E-state index in [2.05, 4.69) is 20.3 Å². The first-order chi connectivity index (χ1) is 14.5. The highest BCUT2D eigenvalue weighted by Crippen LogP contribution is 2.38. The summed E-state index contributed by atoms with van der Waals surface area (Å²) in [5, 5.41) is 12.2. The van der Waals surface area contributed by atoms with Crippen molar-refractivity contribution in [1.82, 2.24) is 25.2 Å². The van der Waals surface area contributed by atoms with Crippen molar-refractivity contribution in [3.8, 4) is 17.1 Å². The molecular formula is C21H21N5O4. The third kappa shape index (κ3) is 3.30. The molecule has 5 rings (SSSR count). The van der Waals surface area contributed by atoms with Crippen LogP contribution in [0.25, 0.3) is 11.3 Å². The molecule has 0 aromatic carbocycles. The van der Waals surface area contributed by atoms with Crippen molar-refractivity contribution in [2.24, 2.45) is 5.41 Å². The fourth-order valence-corrected chi connectivity index (χ4v) is 3.70. The molecule has 2 aliphatic heterocycles. The molecule has 0 unspecified atom stereocenters. The lowest BCUT2D eigenvalue weighted by molar-refractivity contribution is -0.176. The Labute approximate surface area is 173 Å². The maximum absolute atomic E-state index is 12.5. The highest BCUT2D eigenvalue weighted by molar-refractivity contribution is 5.92. The Hall–Kier alpha value is -3.33. The van der Waals surface area contributed by atoms with Crippen LogP contribution in [-0.2, 0) is 11.3 Å². The van der Waals surface area contributed by atoms with Crippen molar-refractivity contribution in [3.63, 3.8) is 0 Å². The molecule has 0 saturated carbocycles. The lowest BCUT2D eigenvalue weighted by Crippen LogP contribution is -2.67. The number of likely N-dealkylation sites (tertiary alicyclic amines) is 1. The number of nitrogens with zero attached hydrogens (tertiary/aromatic N) is 5. The van der Waals surface area contributed by atoms with E-state index < -0.39 is 0 Å². The van der Waals surface area contributed by atoms with Crippen LogP contribution in [0, 0.1) is 19.3 Å². The second-order valence-electron chi connectivity index (χ2n) is 7.95. The standard InChI is InChI=1S/C21H21N5O4/c1-13-3-4-15(7-22-13)19-16(14(2)30-25-19)8-29-18-6-5-17(23-24-18)20(27)26-9-21(10-26)11-28-12-21/h3-7H,8-12H2,1-2H3. The Morgan fingerprint density at radius 2 is 2.00 bits per heavy atom. The minimum atomic E-state index is -0.115. The van der Waals surface area contributed by atoms with Gasteiger partial charge in [0.05, 0.1) is 24.2 Å². The van der Waals surface area contributed by atoms with Crippen LogP contribution in [0.1, 0.15) is 27.5 Å². The molecule has 154 valence electrons. The van der Waals surface area contributed by atoms with E-state index in [-0.39, 0.29) is 17.9 Å². The van der Waals surface area contributed by atoms with Crippen LogP contribution in [0.5, 0.6) is 5.88 Å². The molecular weight excluding hydrogens is 386 g/mol. The predicted octanol–water partition coefficient (Wildman–Crippen LogP) is 2.19. The van der Waals surface area contributed by atoms with Gasteiger partial charge < -0.3 is 18.9 Å². The topological polar surface area (TPSA) is 103 Å². The largest absolute Gasteiger partial charge is 0.472 e. The monoisotopic (exact) mass is 407 g/mol. The zero-order valence-electron chi connectivity index (χ0n) is 16.8. The van der Waals surface area contributed by atoms with Crippen LogP contribution < -0.4 is 4.74 Å². The van der Waals surface area contributed by atoms with Gasteiger partial charge in [0.25, 0.3) is 5.91 Å². The molecule has 0 bridgehead atoms. The van der Waals surface area contributed by atoms with Crippen LogP contribution in [0.15, 0.2) is 35.0 Å². The summed E-state index contributed by atoms with van der Waals surface area (Å²) in [5.41, 5.74) is 3.77. The number of amides is 1. The van der Waals surface area contributed by atoms with E-state index >= 15 is 0 Å². The van der Waals surface area contributed by atoms with Gasteiger partial charge in [-0.3, -0.25) is 9.78 Å². The number of aryl methyl sites for hydroxylation is 2. The number of carbonyl (C=O) groups excluding carboxylic acids is 1. The van der Waals surface area contributed by atoms with Crippen LogP contribution >= 0.6 is 0 Å². The summed E-state index contributed by atoms with van der Waals surface area (Å²) < 4.78 is 16.4. The first-order valence-electron chi connectivity index (χ1n) is 9.75. The number of rotatable bonds is 5. The summed E-state index contributed by atoms with van der Waals surface area (Å²) >= 11 is 0. The normalized spacial score (nSPS) is 16.8. The van der Waals surface area contributed by atoms with Crippen molar-refractivity contribution in [3.05, 3.63) is 53.2 Å². The van der Waals surface area contributed by atoms with Gasteiger partial charge in [-0.15, -0.1) is 10.2 Å². The number of pyridine rings is 1. The van der Waals surface area contributed by atoms with E-state index in [4.69, 9.17) is 14.0 Å². The van der Waals surface area contributed by atoms with Gasteiger partial charge in [-0.2, -0.15) is 0 Å². The molecule has 2 fully saturated rings. The molecule has 9 heteroatoms. The number of hydrogen-bond acceptors (Lipinski definition) is 8. The van der Waals surface area contributed by atoms with Crippen LogP contribution in [-0.4, -0.2) is 57.4 Å². The van der Waals surface area contributed by atoms with E-state index in [1.54, 1.807) is 23.2 Å². The highest BCUT2D eigenvalue weighted by Gasteiger charge is 2.50. The summed E-state index contributed by atoms with van der Waals surface area (Å²) in [4.78, 5) is 18.6. The second-order valence-corrected chi connectivity index (χ2v) is 7.95. The zero-order chi connectivity index (χ0) is 20.7. The first kappa shape index (κ1) is 18.7. The van der Waals surface area contributed by atoms with Gasteiger partial charge in [-0.05, 0) is 32.0 Å². The van der Waals surface area contributed by atoms with Crippen molar-refractivity contribution < 1.29 is 18.8 Å². The minimum Gasteiger partial charge on any atom is -0.472 e. The van der Waals surface area contributed by atoms with Gasteiger partial charge in [-0.1, -0.05) is 5.16 Å². The molecule has 3 aromatic heterocycles. The SMILES string of the molecule is Cc1ccc(-c2noc(C)c2COc2ccc(C(=O)N3CC4(COC4)C3)nn2)cn1. The zero-order valence-corrected chi connectivity index (χ0v) is 16.8. The Kier molecular flexibility index (Phi) is 4.47. The Morgan fingerprint density at radius 1 is 1.17 bits per heavy atom. The smallest absolute Gasteiger partial charge is 0.274 e. The Balaban J connectivity index is 1.24. The summed E-state index contributed by atoms with van der Waals surface area (Å²) in [7, 11) is 0. The van der Waals surface area contributed by atoms with E-state index in [1.807, 2.05) is 26.0 Å². The molecule has 2 aliphatic rings. The average molecular weight is 407 g/mol. The summed E-state index contributed by atoms with van der Waals surface area (Å²) in [5.74, 6) is 0.875. The maximum atomic E-state index is 12.5. The molecule has 2 saturated heterocycles. The van der Waals surface area contributed by atoms with Crippen LogP contribution in [0.3, 0.4) is 0 Å². The van der Waals surface area contributed by atoms with E-state index in [0.717, 1.165) is 43.1 Å². The average Bonchev–Trinajstić information content (AvgIpc) is 3.05.